The fourth-order valence-electron chi connectivity index (χ4n) is 3.73. The minimum absolute atomic E-state index is 0.0556. The Hall–Kier alpha value is -2.89. The summed E-state index contributed by atoms with van der Waals surface area (Å²) in [6.45, 7) is 2.69. The van der Waals surface area contributed by atoms with Gasteiger partial charge in [0.1, 0.15) is 17.2 Å². The number of rotatable bonds is 6. The molecule has 1 fully saturated rings. The number of nitrogens with zero attached hydrogens (tertiary/aromatic N) is 1. The van der Waals surface area contributed by atoms with E-state index >= 15 is 0 Å². The quantitative estimate of drug-likeness (QED) is 0.806. The highest BCUT2D eigenvalue weighted by molar-refractivity contribution is 5.76. The van der Waals surface area contributed by atoms with Crippen LogP contribution in [-0.4, -0.2) is 38.8 Å². The summed E-state index contributed by atoms with van der Waals surface area (Å²) in [5, 5.41) is 3.11. The number of carbonyl (C=O) groups excluding carboxylic acids is 1. The molecule has 1 N–H and O–H groups in total. The number of hydrogen-bond donors (Lipinski definition) is 1. The normalized spacial score (nSPS) is 17.1. The minimum atomic E-state index is -0.195. The molecule has 2 atom stereocenters. The number of methoxy groups -OCH3 is 3. The molecule has 2 amide bonds. The van der Waals surface area contributed by atoms with Gasteiger partial charge in [0.15, 0.2) is 0 Å². The summed E-state index contributed by atoms with van der Waals surface area (Å²) in [4.78, 5) is 14.9. The van der Waals surface area contributed by atoms with Crippen LogP contribution in [0.3, 0.4) is 0 Å². The highest BCUT2D eigenvalue weighted by Gasteiger charge is 2.31. The second kappa shape index (κ2) is 8.87. The van der Waals surface area contributed by atoms with E-state index in [-0.39, 0.29) is 18.1 Å². The summed E-state index contributed by atoms with van der Waals surface area (Å²) in [6, 6.07) is 13.3. The van der Waals surface area contributed by atoms with Crippen molar-refractivity contribution in [2.45, 2.75) is 31.8 Å². The Bertz CT molecular complexity index is 824. The van der Waals surface area contributed by atoms with E-state index in [1.54, 1.807) is 21.3 Å². The van der Waals surface area contributed by atoms with Gasteiger partial charge in [-0.2, -0.15) is 0 Å². The van der Waals surface area contributed by atoms with E-state index in [1.807, 2.05) is 48.2 Å². The predicted molar refractivity (Wildman–Crippen MR) is 108 cm³/mol. The second-order valence-electron chi connectivity index (χ2n) is 6.91. The number of amides is 2. The topological polar surface area (TPSA) is 60.0 Å². The molecule has 6 nitrogen and oxygen atoms in total. The van der Waals surface area contributed by atoms with Gasteiger partial charge in [0, 0.05) is 18.2 Å². The summed E-state index contributed by atoms with van der Waals surface area (Å²) >= 11 is 0. The van der Waals surface area contributed by atoms with Gasteiger partial charge in [-0.1, -0.05) is 12.1 Å². The first-order valence-corrected chi connectivity index (χ1v) is 9.50. The molecule has 0 radical (unpaired) electrons. The van der Waals surface area contributed by atoms with Crippen LogP contribution in [-0.2, 0) is 0 Å². The van der Waals surface area contributed by atoms with E-state index in [0.29, 0.717) is 5.75 Å². The van der Waals surface area contributed by atoms with Gasteiger partial charge in [0.05, 0.1) is 33.4 Å². The standard InChI is InChI=1S/C22H28N2O4/c1-15(19-11-10-18(27-3)14-21(19)28-4)23-22(25)24-12-6-9-20(24)16-7-5-8-17(13-16)26-2/h5,7-8,10-11,13-15,20H,6,9,12H2,1-4H3,(H,23,25). The molecule has 0 saturated carbocycles. The van der Waals surface area contributed by atoms with Gasteiger partial charge in [-0.15, -0.1) is 0 Å². The zero-order valence-corrected chi connectivity index (χ0v) is 16.9. The van der Waals surface area contributed by atoms with Gasteiger partial charge in [-0.3, -0.25) is 0 Å². The van der Waals surface area contributed by atoms with Gasteiger partial charge >= 0.3 is 6.03 Å². The average Bonchev–Trinajstić information content (AvgIpc) is 3.23. The lowest BCUT2D eigenvalue weighted by molar-refractivity contribution is 0.189. The van der Waals surface area contributed by atoms with E-state index in [4.69, 9.17) is 14.2 Å². The Morgan fingerprint density at radius 3 is 2.54 bits per heavy atom. The van der Waals surface area contributed by atoms with E-state index in [1.165, 1.54) is 0 Å². The Labute approximate surface area is 166 Å². The van der Waals surface area contributed by atoms with E-state index < -0.39 is 0 Å². The van der Waals surface area contributed by atoms with Gasteiger partial charge in [-0.25, -0.2) is 4.79 Å². The van der Waals surface area contributed by atoms with Gasteiger partial charge < -0.3 is 24.4 Å². The summed E-state index contributed by atoms with van der Waals surface area (Å²) in [6.07, 6.45) is 1.93. The van der Waals surface area contributed by atoms with Crippen LogP contribution in [0.4, 0.5) is 4.79 Å². The van der Waals surface area contributed by atoms with Crippen molar-refractivity contribution in [2.24, 2.45) is 0 Å². The highest BCUT2D eigenvalue weighted by atomic mass is 16.5. The van der Waals surface area contributed by atoms with Gasteiger partial charge in [0.25, 0.3) is 0 Å². The molecule has 1 heterocycles. The van der Waals surface area contributed by atoms with Crippen LogP contribution in [0.25, 0.3) is 0 Å². The van der Waals surface area contributed by atoms with Crippen molar-refractivity contribution < 1.29 is 19.0 Å². The second-order valence-corrected chi connectivity index (χ2v) is 6.91. The smallest absolute Gasteiger partial charge is 0.318 e. The van der Waals surface area contributed by atoms with Crippen molar-refractivity contribution in [2.75, 3.05) is 27.9 Å². The molecule has 150 valence electrons. The van der Waals surface area contributed by atoms with Crippen molar-refractivity contribution in [1.82, 2.24) is 10.2 Å². The molecule has 28 heavy (non-hydrogen) atoms. The van der Waals surface area contributed by atoms with Crippen LogP contribution < -0.4 is 19.5 Å². The molecule has 2 aromatic rings. The maximum Gasteiger partial charge on any atom is 0.318 e. The van der Waals surface area contributed by atoms with Crippen molar-refractivity contribution in [3.05, 3.63) is 53.6 Å². The van der Waals surface area contributed by atoms with Crippen molar-refractivity contribution in [3.63, 3.8) is 0 Å². The number of carbonyl (C=O) groups is 1. The van der Waals surface area contributed by atoms with Crippen LogP contribution >= 0.6 is 0 Å². The molecular weight excluding hydrogens is 356 g/mol. The first-order valence-electron chi connectivity index (χ1n) is 9.50. The molecule has 6 heteroatoms. The minimum Gasteiger partial charge on any atom is -0.497 e. The summed E-state index contributed by atoms with van der Waals surface area (Å²) in [5.41, 5.74) is 2.01. The zero-order chi connectivity index (χ0) is 20.1. The number of hydrogen-bond acceptors (Lipinski definition) is 4. The monoisotopic (exact) mass is 384 g/mol. The molecule has 0 spiro atoms. The number of urea groups is 1. The van der Waals surface area contributed by atoms with Crippen molar-refractivity contribution >= 4 is 6.03 Å². The maximum atomic E-state index is 13.0. The Kier molecular flexibility index (Phi) is 6.29. The number of likely N-dealkylation sites (tertiary alicyclic amines) is 1. The molecule has 0 aliphatic carbocycles. The third kappa shape index (κ3) is 4.16. The number of benzene rings is 2. The zero-order valence-electron chi connectivity index (χ0n) is 16.9. The van der Waals surface area contributed by atoms with Gasteiger partial charge in [0.2, 0.25) is 0 Å². The van der Waals surface area contributed by atoms with Crippen LogP contribution in [0.5, 0.6) is 17.2 Å². The third-order valence-corrected chi connectivity index (χ3v) is 5.24. The lowest BCUT2D eigenvalue weighted by atomic mass is 10.0. The maximum absolute atomic E-state index is 13.0. The van der Waals surface area contributed by atoms with Crippen LogP contribution in [0, 0.1) is 0 Å². The fourth-order valence-corrected chi connectivity index (χ4v) is 3.73. The van der Waals surface area contributed by atoms with E-state index in [9.17, 15) is 4.79 Å². The first-order chi connectivity index (χ1) is 13.6. The van der Waals surface area contributed by atoms with E-state index in [2.05, 4.69) is 11.4 Å². The number of ether oxygens (including phenoxy) is 3. The lowest BCUT2D eigenvalue weighted by Gasteiger charge is -2.28. The SMILES string of the molecule is COc1cccc(C2CCCN2C(=O)NC(C)c2ccc(OC)cc2OC)c1. The number of nitrogens with one attached hydrogen (secondary N) is 1. The van der Waals surface area contributed by atoms with Crippen LogP contribution in [0.15, 0.2) is 42.5 Å². The first kappa shape index (κ1) is 19.9. The highest BCUT2D eigenvalue weighted by Crippen LogP contribution is 2.34. The Balaban J connectivity index is 1.74. The fraction of sp³-hybridized carbons (Fsp3) is 0.409. The lowest BCUT2D eigenvalue weighted by Crippen LogP contribution is -2.40. The average molecular weight is 384 g/mol. The van der Waals surface area contributed by atoms with Crippen LogP contribution in [0.2, 0.25) is 0 Å². The predicted octanol–water partition coefficient (Wildman–Crippen LogP) is 4.32. The largest absolute Gasteiger partial charge is 0.497 e. The molecule has 0 aromatic heterocycles. The third-order valence-electron chi connectivity index (χ3n) is 5.24. The molecule has 1 aliphatic rings. The van der Waals surface area contributed by atoms with Crippen molar-refractivity contribution in [1.29, 1.82) is 0 Å². The van der Waals surface area contributed by atoms with Gasteiger partial charge in [-0.05, 0) is 49.6 Å². The molecular formula is C22H28N2O4. The molecule has 0 bridgehead atoms. The van der Waals surface area contributed by atoms with Crippen LogP contribution in [0.1, 0.15) is 43.0 Å². The molecule has 1 aliphatic heterocycles. The summed E-state index contributed by atoms with van der Waals surface area (Å²) in [7, 11) is 4.89. The molecule has 3 rings (SSSR count). The summed E-state index contributed by atoms with van der Waals surface area (Å²) < 4.78 is 16.1. The Morgan fingerprint density at radius 1 is 1.07 bits per heavy atom. The van der Waals surface area contributed by atoms with E-state index in [0.717, 1.165) is 42.0 Å². The molecule has 2 aromatic carbocycles. The summed E-state index contributed by atoms with van der Waals surface area (Å²) in [5.74, 6) is 2.22. The Morgan fingerprint density at radius 2 is 1.82 bits per heavy atom. The van der Waals surface area contributed by atoms with Crippen molar-refractivity contribution in [3.8, 4) is 17.2 Å². The molecule has 1 saturated heterocycles. The molecule has 2 unspecified atom stereocenters.